The highest BCUT2D eigenvalue weighted by Crippen LogP contribution is 2.36. The van der Waals surface area contributed by atoms with Crippen molar-refractivity contribution >= 4 is 39.3 Å². The fourth-order valence-electron chi connectivity index (χ4n) is 1.23. The molecule has 4 heteroatoms. The van der Waals surface area contributed by atoms with E-state index in [4.69, 9.17) is 23.2 Å². The Balaban J connectivity index is 3.44. The number of anilines is 1. The van der Waals surface area contributed by atoms with Crippen LogP contribution in [0.15, 0.2) is 6.07 Å². The molecule has 0 bridgehead atoms. The zero-order chi connectivity index (χ0) is 10.2. The van der Waals surface area contributed by atoms with E-state index in [2.05, 4.69) is 4.57 Å². The van der Waals surface area contributed by atoms with Crippen molar-refractivity contribution < 1.29 is 0 Å². The van der Waals surface area contributed by atoms with Gasteiger partial charge in [0.05, 0.1) is 15.7 Å². The predicted octanol–water partition coefficient (Wildman–Crippen LogP) is 2.33. The normalized spacial score (nSPS) is 10.5. The predicted molar refractivity (Wildman–Crippen MR) is 64.3 cm³/mol. The van der Waals surface area contributed by atoms with Crippen molar-refractivity contribution in [3.63, 3.8) is 0 Å². The van der Waals surface area contributed by atoms with E-state index < -0.39 is 0 Å². The molecule has 0 fully saturated rings. The maximum Gasteiger partial charge on any atom is 0.107 e. The molecule has 0 heterocycles. The SMILES string of the molecule is Cc1cc(Cl)c(N(C)[SiH3])c(Cl)c1C. The molecule has 1 rings (SSSR count). The summed E-state index contributed by atoms with van der Waals surface area (Å²) >= 11 is 12.3. The van der Waals surface area contributed by atoms with Crippen LogP contribution in [0, 0.1) is 13.8 Å². The van der Waals surface area contributed by atoms with Crippen molar-refractivity contribution in [1.82, 2.24) is 0 Å². The molecule has 0 aliphatic rings. The molecule has 0 aromatic heterocycles. The summed E-state index contributed by atoms with van der Waals surface area (Å²) in [7, 11) is 2.91. The third-order valence-electron chi connectivity index (χ3n) is 2.15. The number of hydrogen-bond donors (Lipinski definition) is 0. The zero-order valence-corrected chi connectivity index (χ0v) is 11.8. The van der Waals surface area contributed by atoms with E-state index in [0.29, 0.717) is 0 Å². The first-order valence-corrected chi connectivity index (χ1v) is 5.72. The summed E-state index contributed by atoms with van der Waals surface area (Å²) in [5.74, 6) is 0. The van der Waals surface area contributed by atoms with Crippen LogP contribution in [0.2, 0.25) is 10.0 Å². The minimum Gasteiger partial charge on any atom is -0.406 e. The number of benzene rings is 1. The van der Waals surface area contributed by atoms with E-state index in [1.165, 1.54) is 0 Å². The van der Waals surface area contributed by atoms with E-state index >= 15 is 0 Å². The number of nitrogens with zero attached hydrogens (tertiary/aromatic N) is 1. The molecule has 0 saturated carbocycles. The molecule has 1 aromatic carbocycles. The third-order valence-corrected chi connectivity index (χ3v) is 3.34. The van der Waals surface area contributed by atoms with Gasteiger partial charge in [0, 0.05) is 0 Å². The Hall–Kier alpha value is -0.183. The monoisotopic (exact) mass is 233 g/mol. The molecule has 0 unspecified atom stereocenters. The number of rotatable bonds is 1. The summed E-state index contributed by atoms with van der Waals surface area (Å²) in [5.41, 5.74) is 3.21. The molecular formula is C9H13Cl2NSi. The van der Waals surface area contributed by atoms with Crippen molar-refractivity contribution in [1.29, 1.82) is 0 Å². The summed E-state index contributed by atoms with van der Waals surface area (Å²) in [5, 5.41) is 1.52. The first kappa shape index (κ1) is 10.9. The summed E-state index contributed by atoms with van der Waals surface area (Å²) in [4.78, 5) is 0. The third kappa shape index (κ3) is 2.01. The molecule has 1 nitrogen and oxygen atoms in total. The molecule has 0 amide bonds. The quantitative estimate of drug-likeness (QED) is 0.674. The molecular weight excluding hydrogens is 221 g/mol. The first-order valence-electron chi connectivity index (χ1n) is 4.07. The van der Waals surface area contributed by atoms with Crippen molar-refractivity contribution in [2.45, 2.75) is 13.8 Å². The number of hydrogen-bond acceptors (Lipinski definition) is 1. The zero-order valence-electron chi connectivity index (χ0n) is 8.28. The van der Waals surface area contributed by atoms with Crippen LogP contribution in [-0.2, 0) is 0 Å². The van der Waals surface area contributed by atoms with Gasteiger partial charge in [-0.25, -0.2) is 0 Å². The van der Waals surface area contributed by atoms with Crippen LogP contribution in [0.1, 0.15) is 11.1 Å². The highest BCUT2D eigenvalue weighted by molar-refractivity contribution is 6.41. The average Bonchev–Trinajstić information content (AvgIpc) is 1.99. The second kappa shape index (κ2) is 3.90. The smallest absolute Gasteiger partial charge is 0.107 e. The second-order valence-corrected chi connectivity index (χ2v) is 5.48. The summed E-state index contributed by atoms with van der Waals surface area (Å²) < 4.78 is 2.07. The van der Waals surface area contributed by atoms with Gasteiger partial charge in [-0.15, -0.1) is 0 Å². The van der Waals surface area contributed by atoms with Crippen molar-refractivity contribution in [3.05, 3.63) is 27.2 Å². The largest absolute Gasteiger partial charge is 0.406 e. The maximum absolute atomic E-state index is 6.19. The van der Waals surface area contributed by atoms with E-state index in [1.54, 1.807) is 0 Å². The van der Waals surface area contributed by atoms with Crippen molar-refractivity contribution in [2.24, 2.45) is 0 Å². The van der Waals surface area contributed by atoms with E-state index in [0.717, 1.165) is 37.3 Å². The van der Waals surface area contributed by atoms with Gasteiger partial charge in [0.1, 0.15) is 10.4 Å². The minimum atomic E-state index is 0.741. The van der Waals surface area contributed by atoms with E-state index in [9.17, 15) is 0 Å². The lowest BCUT2D eigenvalue weighted by Gasteiger charge is -2.19. The highest BCUT2D eigenvalue weighted by atomic mass is 35.5. The first-order chi connectivity index (χ1) is 5.95. The Labute approximate surface area is 92.1 Å². The van der Waals surface area contributed by atoms with Gasteiger partial charge in [-0.3, -0.25) is 0 Å². The molecule has 13 heavy (non-hydrogen) atoms. The molecule has 0 spiro atoms. The Bertz CT molecular complexity index is 337. The summed E-state index contributed by atoms with van der Waals surface area (Å²) in [6.45, 7) is 4.03. The Morgan fingerprint density at radius 3 is 2.31 bits per heavy atom. The number of halogens is 2. The van der Waals surface area contributed by atoms with Gasteiger partial charge in [-0.05, 0) is 38.1 Å². The van der Waals surface area contributed by atoms with Gasteiger partial charge in [0.25, 0.3) is 0 Å². The van der Waals surface area contributed by atoms with Crippen LogP contribution in [0.4, 0.5) is 5.69 Å². The molecule has 1 aromatic rings. The number of aryl methyl sites for hydroxylation is 1. The standard InChI is InChI=1S/C9H13Cl2NSi/c1-5-4-7(10)9(12(3)13)8(11)6(5)2/h4H,1-3,13H3. The van der Waals surface area contributed by atoms with Crippen LogP contribution >= 0.6 is 23.2 Å². The van der Waals surface area contributed by atoms with Crippen LogP contribution in [0.25, 0.3) is 0 Å². The fraction of sp³-hybridized carbons (Fsp3) is 0.333. The topological polar surface area (TPSA) is 3.24 Å². The molecule has 0 atom stereocenters. The Kier molecular flexibility index (Phi) is 3.27. The van der Waals surface area contributed by atoms with Gasteiger partial charge in [-0.1, -0.05) is 23.2 Å². The van der Waals surface area contributed by atoms with Gasteiger partial charge in [0.2, 0.25) is 0 Å². The van der Waals surface area contributed by atoms with Gasteiger partial charge >= 0.3 is 0 Å². The van der Waals surface area contributed by atoms with E-state index in [1.807, 2.05) is 27.0 Å². The summed E-state index contributed by atoms with van der Waals surface area (Å²) in [6.07, 6.45) is 0. The Morgan fingerprint density at radius 2 is 1.85 bits per heavy atom. The maximum atomic E-state index is 6.19. The van der Waals surface area contributed by atoms with Gasteiger partial charge < -0.3 is 4.57 Å². The summed E-state index contributed by atoms with van der Waals surface area (Å²) in [6, 6.07) is 1.96. The van der Waals surface area contributed by atoms with Crippen molar-refractivity contribution in [2.75, 3.05) is 11.6 Å². The molecule has 0 aliphatic carbocycles. The van der Waals surface area contributed by atoms with Crippen LogP contribution in [-0.4, -0.2) is 17.5 Å². The fourth-order valence-corrected chi connectivity index (χ4v) is 2.88. The Morgan fingerprint density at radius 1 is 1.31 bits per heavy atom. The molecule has 0 N–H and O–H groups in total. The molecule has 72 valence electrons. The van der Waals surface area contributed by atoms with Crippen LogP contribution in [0.5, 0.6) is 0 Å². The van der Waals surface area contributed by atoms with Crippen LogP contribution in [0.3, 0.4) is 0 Å². The molecule has 0 radical (unpaired) electrons. The molecule has 0 saturated heterocycles. The lowest BCUT2D eigenvalue weighted by Crippen LogP contribution is -2.13. The van der Waals surface area contributed by atoms with E-state index in [-0.39, 0.29) is 0 Å². The van der Waals surface area contributed by atoms with Gasteiger partial charge in [-0.2, -0.15) is 0 Å². The minimum absolute atomic E-state index is 0.741. The van der Waals surface area contributed by atoms with Crippen LogP contribution < -0.4 is 4.57 Å². The molecule has 0 aliphatic heterocycles. The second-order valence-electron chi connectivity index (χ2n) is 3.36. The lowest BCUT2D eigenvalue weighted by molar-refractivity contribution is 1.28. The lowest BCUT2D eigenvalue weighted by atomic mass is 10.1. The highest BCUT2D eigenvalue weighted by Gasteiger charge is 2.11. The van der Waals surface area contributed by atoms with Gasteiger partial charge in [0.15, 0.2) is 0 Å². The average molecular weight is 234 g/mol. The van der Waals surface area contributed by atoms with Crippen molar-refractivity contribution in [3.8, 4) is 0 Å².